The second-order valence-electron chi connectivity index (χ2n) is 5.31. The van der Waals surface area contributed by atoms with Gasteiger partial charge in [0, 0.05) is 10.5 Å². The first kappa shape index (κ1) is 13.6. The molecule has 18 heavy (non-hydrogen) atoms. The number of nitrogens with one attached hydrogen (secondary N) is 1. The van der Waals surface area contributed by atoms with Crippen LogP contribution in [0.1, 0.15) is 31.7 Å². The van der Waals surface area contributed by atoms with Crippen molar-refractivity contribution in [2.24, 2.45) is 11.1 Å². The summed E-state index contributed by atoms with van der Waals surface area (Å²) < 4.78 is 0.938. The third kappa shape index (κ3) is 2.31. The van der Waals surface area contributed by atoms with Gasteiger partial charge in [0.25, 0.3) is 0 Å². The zero-order valence-corrected chi connectivity index (χ0v) is 12.4. The third-order valence-corrected chi connectivity index (χ3v) is 5.04. The maximum absolute atomic E-state index is 12.4. The van der Waals surface area contributed by atoms with Gasteiger partial charge in [-0.1, -0.05) is 18.6 Å². The molecule has 4 heteroatoms. The van der Waals surface area contributed by atoms with Crippen LogP contribution in [0.4, 0.5) is 5.69 Å². The summed E-state index contributed by atoms with van der Waals surface area (Å²) in [5.41, 5.74) is 7.55. The van der Waals surface area contributed by atoms with Crippen LogP contribution in [0.2, 0.25) is 0 Å². The Kier molecular flexibility index (Phi) is 3.78. The Morgan fingerprint density at radius 1 is 1.56 bits per heavy atom. The minimum absolute atomic E-state index is 0.0267. The second kappa shape index (κ2) is 5.02. The van der Waals surface area contributed by atoms with Crippen LogP contribution in [-0.2, 0) is 4.79 Å². The molecule has 98 valence electrons. The number of amides is 1. The normalized spacial score (nSPS) is 27.2. The minimum Gasteiger partial charge on any atom is -0.327 e. The third-order valence-electron chi connectivity index (χ3n) is 3.99. The topological polar surface area (TPSA) is 55.1 Å². The quantitative estimate of drug-likeness (QED) is 0.881. The van der Waals surface area contributed by atoms with Gasteiger partial charge in [-0.05, 0) is 54.2 Å². The molecule has 0 bridgehead atoms. The highest BCUT2D eigenvalue weighted by Crippen LogP contribution is 2.38. The monoisotopic (exact) mass is 310 g/mol. The molecule has 0 heterocycles. The first-order valence-corrected chi connectivity index (χ1v) is 7.06. The summed E-state index contributed by atoms with van der Waals surface area (Å²) in [5.74, 6) is 0.0267. The summed E-state index contributed by atoms with van der Waals surface area (Å²) in [5, 5.41) is 3.00. The molecule has 1 amide bonds. The maximum Gasteiger partial charge on any atom is 0.231 e. The van der Waals surface area contributed by atoms with E-state index < -0.39 is 5.41 Å². The van der Waals surface area contributed by atoms with Crippen molar-refractivity contribution >= 4 is 27.5 Å². The molecule has 3 N–H and O–H groups in total. The number of carbonyl (C=O) groups is 1. The van der Waals surface area contributed by atoms with Crippen LogP contribution in [0.15, 0.2) is 22.7 Å². The minimum atomic E-state index is -0.441. The first-order chi connectivity index (χ1) is 8.45. The number of benzene rings is 1. The van der Waals surface area contributed by atoms with E-state index in [-0.39, 0.29) is 11.9 Å². The smallest absolute Gasteiger partial charge is 0.231 e. The van der Waals surface area contributed by atoms with E-state index in [1.807, 2.05) is 32.0 Å². The molecule has 0 spiro atoms. The molecule has 1 aromatic carbocycles. The SMILES string of the molecule is Cc1cccc(NC(=O)C2(C)CCCC2N)c1Br. The van der Waals surface area contributed by atoms with Crippen LogP contribution in [0, 0.1) is 12.3 Å². The summed E-state index contributed by atoms with van der Waals surface area (Å²) in [6.45, 7) is 3.96. The lowest BCUT2D eigenvalue weighted by Gasteiger charge is -2.27. The molecule has 1 fully saturated rings. The summed E-state index contributed by atoms with van der Waals surface area (Å²) in [6, 6.07) is 5.80. The fourth-order valence-corrected chi connectivity index (χ4v) is 2.85. The van der Waals surface area contributed by atoms with Gasteiger partial charge in [-0.25, -0.2) is 0 Å². The van der Waals surface area contributed by atoms with Crippen molar-refractivity contribution in [3.63, 3.8) is 0 Å². The molecule has 0 aromatic heterocycles. The molecule has 0 aliphatic heterocycles. The van der Waals surface area contributed by atoms with E-state index in [4.69, 9.17) is 5.73 Å². The van der Waals surface area contributed by atoms with Crippen LogP contribution in [-0.4, -0.2) is 11.9 Å². The average Bonchev–Trinajstić information content (AvgIpc) is 2.67. The number of hydrogen-bond donors (Lipinski definition) is 2. The predicted octanol–water partition coefficient (Wildman–Crippen LogP) is 3.21. The van der Waals surface area contributed by atoms with Crippen molar-refractivity contribution in [2.45, 2.75) is 39.2 Å². The van der Waals surface area contributed by atoms with E-state index in [9.17, 15) is 4.79 Å². The average molecular weight is 311 g/mol. The molecule has 0 radical (unpaired) electrons. The number of aryl methyl sites for hydroxylation is 1. The molecule has 2 rings (SSSR count). The van der Waals surface area contributed by atoms with Gasteiger partial charge in [0.15, 0.2) is 0 Å². The van der Waals surface area contributed by atoms with Gasteiger partial charge in [-0.2, -0.15) is 0 Å². The van der Waals surface area contributed by atoms with E-state index in [1.165, 1.54) is 0 Å². The fraction of sp³-hybridized carbons (Fsp3) is 0.500. The van der Waals surface area contributed by atoms with Crippen molar-refractivity contribution in [3.8, 4) is 0 Å². The molecule has 2 atom stereocenters. The van der Waals surface area contributed by atoms with E-state index in [1.54, 1.807) is 0 Å². The Bertz CT molecular complexity index is 475. The number of carbonyl (C=O) groups excluding carboxylic acids is 1. The summed E-state index contributed by atoms with van der Waals surface area (Å²) in [6.07, 6.45) is 2.82. The van der Waals surface area contributed by atoms with Gasteiger partial charge in [-0.3, -0.25) is 4.79 Å². The van der Waals surface area contributed by atoms with E-state index >= 15 is 0 Å². The van der Waals surface area contributed by atoms with Crippen LogP contribution in [0.3, 0.4) is 0 Å². The maximum atomic E-state index is 12.4. The Labute approximate surface area is 116 Å². The Hall–Kier alpha value is -0.870. The predicted molar refractivity (Wildman–Crippen MR) is 77.4 cm³/mol. The Morgan fingerprint density at radius 3 is 2.89 bits per heavy atom. The fourth-order valence-electron chi connectivity index (χ4n) is 2.48. The van der Waals surface area contributed by atoms with Gasteiger partial charge < -0.3 is 11.1 Å². The molecule has 1 aliphatic rings. The summed E-state index contributed by atoms with van der Waals surface area (Å²) in [7, 11) is 0. The van der Waals surface area contributed by atoms with Crippen LogP contribution in [0.25, 0.3) is 0 Å². The van der Waals surface area contributed by atoms with Gasteiger partial charge in [0.05, 0.1) is 11.1 Å². The van der Waals surface area contributed by atoms with Crippen molar-refractivity contribution < 1.29 is 4.79 Å². The number of anilines is 1. The molecular formula is C14H19BrN2O. The van der Waals surface area contributed by atoms with Gasteiger partial charge in [0.2, 0.25) is 5.91 Å². The highest BCUT2D eigenvalue weighted by molar-refractivity contribution is 9.10. The molecule has 0 saturated heterocycles. The van der Waals surface area contributed by atoms with Gasteiger partial charge in [-0.15, -0.1) is 0 Å². The molecule has 2 unspecified atom stereocenters. The number of hydrogen-bond acceptors (Lipinski definition) is 2. The molecule has 3 nitrogen and oxygen atoms in total. The van der Waals surface area contributed by atoms with E-state index in [2.05, 4.69) is 21.2 Å². The first-order valence-electron chi connectivity index (χ1n) is 6.27. The Balaban J connectivity index is 2.19. The van der Waals surface area contributed by atoms with Crippen molar-refractivity contribution in [2.75, 3.05) is 5.32 Å². The molecule has 1 aromatic rings. The lowest BCUT2D eigenvalue weighted by Crippen LogP contribution is -2.44. The van der Waals surface area contributed by atoms with E-state index in [0.29, 0.717) is 0 Å². The number of halogens is 1. The lowest BCUT2D eigenvalue weighted by molar-refractivity contribution is -0.125. The highest BCUT2D eigenvalue weighted by Gasteiger charge is 2.43. The molecule has 1 aliphatic carbocycles. The van der Waals surface area contributed by atoms with Crippen LogP contribution in [0.5, 0.6) is 0 Å². The largest absolute Gasteiger partial charge is 0.327 e. The van der Waals surface area contributed by atoms with Crippen molar-refractivity contribution in [3.05, 3.63) is 28.2 Å². The van der Waals surface area contributed by atoms with Gasteiger partial charge >= 0.3 is 0 Å². The molecule has 1 saturated carbocycles. The molecular weight excluding hydrogens is 292 g/mol. The van der Waals surface area contributed by atoms with E-state index in [0.717, 1.165) is 35.0 Å². The van der Waals surface area contributed by atoms with Crippen molar-refractivity contribution in [1.82, 2.24) is 0 Å². The zero-order chi connectivity index (χ0) is 13.3. The van der Waals surface area contributed by atoms with Crippen molar-refractivity contribution in [1.29, 1.82) is 0 Å². The number of rotatable bonds is 2. The lowest BCUT2D eigenvalue weighted by atomic mass is 9.84. The summed E-state index contributed by atoms with van der Waals surface area (Å²) >= 11 is 3.50. The van der Waals surface area contributed by atoms with Crippen LogP contribution >= 0.6 is 15.9 Å². The Morgan fingerprint density at radius 2 is 2.28 bits per heavy atom. The summed E-state index contributed by atoms with van der Waals surface area (Å²) in [4.78, 5) is 12.4. The van der Waals surface area contributed by atoms with Crippen LogP contribution < -0.4 is 11.1 Å². The van der Waals surface area contributed by atoms with Gasteiger partial charge in [0.1, 0.15) is 0 Å². The highest BCUT2D eigenvalue weighted by atomic mass is 79.9. The number of nitrogens with two attached hydrogens (primary N) is 1. The standard InChI is InChI=1S/C14H19BrN2O/c1-9-5-3-6-10(12(9)15)17-13(18)14(2)8-4-7-11(14)16/h3,5-6,11H,4,7-8,16H2,1-2H3,(H,17,18). The zero-order valence-electron chi connectivity index (χ0n) is 10.8. The second-order valence-corrected chi connectivity index (χ2v) is 6.10.